The summed E-state index contributed by atoms with van der Waals surface area (Å²) in [6.07, 6.45) is -0.550. The van der Waals surface area contributed by atoms with Crippen LogP contribution in [0.25, 0.3) is 11.5 Å². The Kier molecular flexibility index (Phi) is 4.62. The van der Waals surface area contributed by atoms with Gasteiger partial charge >= 0.3 is 6.09 Å². The molecule has 2 rings (SSSR count). The van der Waals surface area contributed by atoms with Gasteiger partial charge < -0.3 is 9.26 Å². The molecular formula is C14H16BrN3O3. The summed E-state index contributed by atoms with van der Waals surface area (Å²) in [4.78, 5) is 16.0. The fourth-order valence-electron chi connectivity index (χ4n) is 1.55. The van der Waals surface area contributed by atoms with Crippen LogP contribution < -0.4 is 5.32 Å². The van der Waals surface area contributed by atoms with Crippen molar-refractivity contribution in [3.63, 3.8) is 0 Å². The van der Waals surface area contributed by atoms with E-state index in [1.165, 1.54) is 0 Å². The van der Waals surface area contributed by atoms with Crippen molar-refractivity contribution in [2.75, 3.05) is 5.32 Å². The van der Waals surface area contributed by atoms with Crippen LogP contribution in [0, 0.1) is 0 Å². The van der Waals surface area contributed by atoms with Gasteiger partial charge in [-0.15, -0.1) is 0 Å². The summed E-state index contributed by atoms with van der Waals surface area (Å²) in [5.74, 6) is 0.927. The average Bonchev–Trinajstić information content (AvgIpc) is 2.85. The van der Waals surface area contributed by atoms with E-state index in [1.54, 1.807) is 45.0 Å². The molecule has 0 bridgehead atoms. The van der Waals surface area contributed by atoms with Crippen molar-refractivity contribution in [3.8, 4) is 11.5 Å². The molecule has 0 fully saturated rings. The van der Waals surface area contributed by atoms with Crippen LogP contribution in [-0.4, -0.2) is 21.8 Å². The summed E-state index contributed by atoms with van der Waals surface area (Å²) in [5, 5.41) is 7.07. The Bertz CT molecular complexity index is 634. The van der Waals surface area contributed by atoms with Gasteiger partial charge in [-0.3, -0.25) is 5.32 Å². The van der Waals surface area contributed by atoms with Crippen molar-refractivity contribution in [3.05, 3.63) is 30.0 Å². The zero-order chi connectivity index (χ0) is 15.5. The number of amides is 1. The summed E-state index contributed by atoms with van der Waals surface area (Å²) >= 11 is 3.30. The second-order valence-corrected chi connectivity index (χ2v) is 5.91. The molecule has 21 heavy (non-hydrogen) atoms. The summed E-state index contributed by atoms with van der Waals surface area (Å²) in [6.45, 7) is 5.40. The number of nitrogens with zero attached hydrogens (tertiary/aromatic N) is 2. The zero-order valence-corrected chi connectivity index (χ0v) is 13.6. The predicted molar refractivity (Wildman–Crippen MR) is 82.2 cm³/mol. The number of halogens is 1. The van der Waals surface area contributed by atoms with Crippen LogP contribution >= 0.6 is 15.9 Å². The summed E-state index contributed by atoms with van der Waals surface area (Å²) in [7, 11) is 0. The topological polar surface area (TPSA) is 77.2 Å². The van der Waals surface area contributed by atoms with E-state index in [1.807, 2.05) is 0 Å². The lowest BCUT2D eigenvalue weighted by Crippen LogP contribution is -2.27. The highest BCUT2D eigenvalue weighted by molar-refractivity contribution is 9.08. The van der Waals surface area contributed by atoms with Gasteiger partial charge in [0.1, 0.15) is 17.1 Å². The Morgan fingerprint density at radius 3 is 2.81 bits per heavy atom. The lowest BCUT2D eigenvalue weighted by molar-refractivity contribution is 0.0635. The lowest BCUT2D eigenvalue weighted by Gasteiger charge is -2.19. The fourth-order valence-corrected chi connectivity index (χ4v) is 1.81. The minimum absolute atomic E-state index is 0.388. The minimum atomic E-state index is -0.558. The van der Waals surface area contributed by atoms with Gasteiger partial charge in [0.15, 0.2) is 5.76 Å². The molecule has 0 saturated heterocycles. The number of carbonyl (C=O) groups excluding carboxylic acids is 1. The number of pyridine rings is 1. The molecule has 2 heterocycles. The average molecular weight is 354 g/mol. The first-order valence-electron chi connectivity index (χ1n) is 6.36. The van der Waals surface area contributed by atoms with Crippen molar-refractivity contribution >= 4 is 27.8 Å². The van der Waals surface area contributed by atoms with Crippen LogP contribution in [0.5, 0.6) is 0 Å². The molecule has 0 aliphatic heterocycles. The summed E-state index contributed by atoms with van der Waals surface area (Å²) in [5.41, 5.74) is 0.804. The maximum Gasteiger partial charge on any atom is 0.413 e. The zero-order valence-electron chi connectivity index (χ0n) is 12.0. The Morgan fingerprint density at radius 1 is 1.43 bits per heavy atom. The maximum absolute atomic E-state index is 11.7. The molecule has 0 radical (unpaired) electrons. The Labute approximate surface area is 131 Å². The van der Waals surface area contributed by atoms with Crippen LogP contribution in [0.3, 0.4) is 0 Å². The first-order chi connectivity index (χ1) is 9.87. The molecule has 2 aromatic rings. The highest BCUT2D eigenvalue weighted by Crippen LogP contribution is 2.21. The van der Waals surface area contributed by atoms with E-state index in [0.717, 1.165) is 5.69 Å². The highest BCUT2D eigenvalue weighted by atomic mass is 79.9. The monoisotopic (exact) mass is 353 g/mol. The first-order valence-corrected chi connectivity index (χ1v) is 7.48. The quantitative estimate of drug-likeness (QED) is 0.844. The van der Waals surface area contributed by atoms with Gasteiger partial charge in [-0.25, -0.2) is 9.78 Å². The molecule has 6 nitrogen and oxygen atoms in total. The molecule has 0 saturated carbocycles. The van der Waals surface area contributed by atoms with Gasteiger partial charge in [-0.2, -0.15) is 0 Å². The predicted octanol–water partition coefficient (Wildman–Crippen LogP) is 3.98. The summed E-state index contributed by atoms with van der Waals surface area (Å²) < 4.78 is 10.4. The van der Waals surface area contributed by atoms with E-state index < -0.39 is 11.7 Å². The molecule has 0 aliphatic carbocycles. The molecule has 1 N–H and O–H groups in total. The van der Waals surface area contributed by atoms with Gasteiger partial charge in [-0.1, -0.05) is 27.2 Å². The highest BCUT2D eigenvalue weighted by Gasteiger charge is 2.17. The summed E-state index contributed by atoms with van der Waals surface area (Å²) in [6, 6.07) is 7.01. The maximum atomic E-state index is 11.7. The smallest absolute Gasteiger partial charge is 0.413 e. The van der Waals surface area contributed by atoms with E-state index in [-0.39, 0.29) is 0 Å². The van der Waals surface area contributed by atoms with Crippen LogP contribution in [0.4, 0.5) is 10.6 Å². The van der Waals surface area contributed by atoms with E-state index >= 15 is 0 Å². The Balaban J connectivity index is 2.12. The number of ether oxygens (including phenoxy) is 1. The molecule has 7 heteroatoms. The number of hydrogen-bond acceptors (Lipinski definition) is 5. The number of aromatic nitrogens is 2. The van der Waals surface area contributed by atoms with Crippen molar-refractivity contribution in [1.29, 1.82) is 0 Å². The number of rotatable bonds is 3. The number of nitrogens with one attached hydrogen (secondary N) is 1. The molecule has 1 amide bonds. The lowest BCUT2D eigenvalue weighted by atomic mass is 10.2. The SMILES string of the molecule is CC(C)(C)OC(=O)Nc1cccc(-c2cc(CBr)no2)n1. The standard InChI is InChI=1S/C14H16BrN3O3/c1-14(2,3)20-13(19)17-12-6-4-5-10(16-12)11-7-9(8-15)18-21-11/h4-7H,8H2,1-3H3,(H,16,17,19). The third-order valence-corrected chi connectivity index (χ3v) is 2.90. The van der Waals surface area contributed by atoms with Crippen molar-refractivity contribution in [1.82, 2.24) is 10.1 Å². The first kappa shape index (κ1) is 15.5. The molecular weight excluding hydrogens is 338 g/mol. The largest absolute Gasteiger partial charge is 0.444 e. The van der Waals surface area contributed by atoms with E-state index in [4.69, 9.17) is 9.26 Å². The van der Waals surface area contributed by atoms with Crippen molar-refractivity contribution < 1.29 is 14.1 Å². The Morgan fingerprint density at radius 2 is 2.19 bits per heavy atom. The molecule has 112 valence electrons. The number of alkyl halides is 1. The molecule has 0 atom stereocenters. The minimum Gasteiger partial charge on any atom is -0.444 e. The van der Waals surface area contributed by atoms with Gasteiger partial charge in [0, 0.05) is 11.4 Å². The Hall–Kier alpha value is -1.89. The van der Waals surface area contributed by atoms with Crippen molar-refractivity contribution in [2.24, 2.45) is 0 Å². The van der Waals surface area contributed by atoms with Crippen LogP contribution in [-0.2, 0) is 10.1 Å². The van der Waals surface area contributed by atoms with E-state index in [2.05, 4.69) is 31.4 Å². The van der Waals surface area contributed by atoms with Gasteiger partial charge in [-0.05, 0) is 32.9 Å². The van der Waals surface area contributed by atoms with Crippen LogP contribution in [0.15, 0.2) is 28.8 Å². The molecule has 0 spiro atoms. The second kappa shape index (κ2) is 6.26. The van der Waals surface area contributed by atoms with Crippen LogP contribution in [0.1, 0.15) is 26.5 Å². The van der Waals surface area contributed by atoms with Crippen LogP contribution in [0.2, 0.25) is 0 Å². The normalized spacial score (nSPS) is 11.2. The molecule has 2 aromatic heterocycles. The molecule has 0 aromatic carbocycles. The molecule has 0 unspecified atom stereocenters. The van der Waals surface area contributed by atoms with Crippen molar-refractivity contribution in [2.45, 2.75) is 31.7 Å². The van der Waals surface area contributed by atoms with Gasteiger partial charge in [0.25, 0.3) is 0 Å². The fraction of sp³-hybridized carbons (Fsp3) is 0.357. The molecule has 0 aliphatic rings. The van der Waals surface area contributed by atoms with Gasteiger partial charge in [0.05, 0.1) is 5.69 Å². The van der Waals surface area contributed by atoms with E-state index in [9.17, 15) is 4.79 Å². The third-order valence-electron chi connectivity index (χ3n) is 2.33. The third kappa shape index (κ3) is 4.56. The van der Waals surface area contributed by atoms with E-state index in [0.29, 0.717) is 22.6 Å². The second-order valence-electron chi connectivity index (χ2n) is 5.35. The number of anilines is 1. The van der Waals surface area contributed by atoms with Gasteiger partial charge in [0.2, 0.25) is 0 Å². The number of hydrogen-bond donors (Lipinski definition) is 1. The number of carbonyl (C=O) groups is 1.